The van der Waals surface area contributed by atoms with Crippen LogP contribution in [0.4, 0.5) is 10.1 Å². The van der Waals surface area contributed by atoms with Crippen LogP contribution in [0.15, 0.2) is 66.7 Å². The van der Waals surface area contributed by atoms with Gasteiger partial charge in [0.05, 0.1) is 0 Å². The summed E-state index contributed by atoms with van der Waals surface area (Å²) in [6, 6.07) is 18.8. The molecule has 0 bridgehead atoms. The molecule has 0 spiro atoms. The van der Waals surface area contributed by atoms with Crippen molar-refractivity contribution in [3.63, 3.8) is 0 Å². The second-order valence-electron chi connectivity index (χ2n) is 6.90. The van der Waals surface area contributed by atoms with Gasteiger partial charge in [0.15, 0.2) is 0 Å². The quantitative estimate of drug-likeness (QED) is 0.643. The summed E-state index contributed by atoms with van der Waals surface area (Å²) in [4.78, 5) is 25.1. The van der Waals surface area contributed by atoms with Crippen LogP contribution in [0.1, 0.15) is 37.4 Å². The average molecular weight is 390 g/mol. The minimum atomic E-state index is -0.303. The molecule has 0 aliphatic carbocycles. The van der Waals surface area contributed by atoms with Crippen LogP contribution < -0.4 is 10.6 Å². The van der Waals surface area contributed by atoms with Crippen molar-refractivity contribution in [3.05, 3.63) is 100 Å². The summed E-state index contributed by atoms with van der Waals surface area (Å²) in [6.07, 6.45) is 0.394. The molecule has 0 saturated carbocycles. The van der Waals surface area contributed by atoms with Crippen LogP contribution in [0.5, 0.6) is 0 Å². The van der Waals surface area contributed by atoms with Gasteiger partial charge in [0.25, 0.3) is 11.8 Å². The lowest BCUT2D eigenvalue weighted by Crippen LogP contribution is -2.26. The highest BCUT2D eigenvalue weighted by atomic mass is 19.1. The van der Waals surface area contributed by atoms with Gasteiger partial charge in [-0.3, -0.25) is 9.59 Å². The van der Waals surface area contributed by atoms with E-state index in [0.29, 0.717) is 29.7 Å². The van der Waals surface area contributed by atoms with Gasteiger partial charge in [-0.15, -0.1) is 0 Å². The molecule has 3 aromatic carbocycles. The summed E-state index contributed by atoms with van der Waals surface area (Å²) in [7, 11) is 0. The third kappa shape index (κ3) is 5.08. The zero-order valence-corrected chi connectivity index (χ0v) is 16.5. The molecule has 0 aliphatic heterocycles. The van der Waals surface area contributed by atoms with Gasteiger partial charge in [-0.05, 0) is 61.2 Å². The maximum atomic E-state index is 13.7. The Bertz CT molecular complexity index is 1030. The molecule has 2 amide bonds. The second kappa shape index (κ2) is 9.15. The predicted octanol–water partition coefficient (Wildman–Crippen LogP) is 4.67. The molecule has 0 fully saturated rings. The van der Waals surface area contributed by atoms with Crippen molar-refractivity contribution >= 4 is 17.5 Å². The predicted molar refractivity (Wildman–Crippen MR) is 113 cm³/mol. The number of para-hydroxylation sites is 1. The fourth-order valence-corrected chi connectivity index (χ4v) is 3.11. The smallest absolute Gasteiger partial charge is 0.255 e. The lowest BCUT2D eigenvalue weighted by Gasteiger charge is -2.12. The number of halogens is 1. The summed E-state index contributed by atoms with van der Waals surface area (Å²) in [5.74, 6) is -0.863. The van der Waals surface area contributed by atoms with E-state index in [9.17, 15) is 14.0 Å². The summed E-state index contributed by atoms with van der Waals surface area (Å²) in [6.45, 7) is 4.17. The number of anilines is 1. The molecule has 148 valence electrons. The Morgan fingerprint density at radius 1 is 0.828 bits per heavy atom. The van der Waals surface area contributed by atoms with Gasteiger partial charge in [-0.2, -0.15) is 0 Å². The van der Waals surface area contributed by atoms with E-state index in [1.54, 1.807) is 42.5 Å². The van der Waals surface area contributed by atoms with E-state index in [0.717, 1.165) is 16.8 Å². The van der Waals surface area contributed by atoms with E-state index in [1.807, 2.05) is 32.0 Å². The maximum absolute atomic E-state index is 13.7. The first-order valence-corrected chi connectivity index (χ1v) is 9.45. The van der Waals surface area contributed by atoms with E-state index in [2.05, 4.69) is 10.6 Å². The number of aryl methyl sites for hydroxylation is 2. The highest BCUT2D eigenvalue weighted by Crippen LogP contribution is 2.20. The third-order valence-corrected chi connectivity index (χ3v) is 4.74. The van der Waals surface area contributed by atoms with Gasteiger partial charge >= 0.3 is 0 Å². The fourth-order valence-electron chi connectivity index (χ4n) is 3.11. The Labute approximate surface area is 169 Å². The van der Waals surface area contributed by atoms with E-state index in [-0.39, 0.29) is 17.6 Å². The third-order valence-electron chi connectivity index (χ3n) is 4.74. The first-order chi connectivity index (χ1) is 14.0. The normalized spacial score (nSPS) is 10.4. The molecule has 0 heterocycles. The van der Waals surface area contributed by atoms with Crippen LogP contribution in [-0.4, -0.2) is 18.4 Å². The van der Waals surface area contributed by atoms with Crippen molar-refractivity contribution in [1.82, 2.24) is 5.32 Å². The molecule has 0 atom stereocenters. The SMILES string of the molecule is Cc1cccc(C)c1NC(=O)c1cccc(C(=O)NCCc2ccccc2F)c1. The summed E-state index contributed by atoms with van der Waals surface area (Å²) in [5, 5.41) is 5.69. The van der Waals surface area contributed by atoms with Gasteiger partial charge in [-0.1, -0.05) is 42.5 Å². The van der Waals surface area contributed by atoms with E-state index < -0.39 is 0 Å². The number of amides is 2. The molecule has 0 radical (unpaired) electrons. The lowest BCUT2D eigenvalue weighted by atomic mass is 10.1. The Balaban J connectivity index is 1.64. The van der Waals surface area contributed by atoms with Gasteiger partial charge in [-0.25, -0.2) is 4.39 Å². The van der Waals surface area contributed by atoms with Crippen molar-refractivity contribution in [2.45, 2.75) is 20.3 Å². The molecule has 0 saturated heterocycles. The Morgan fingerprint density at radius 3 is 2.14 bits per heavy atom. The maximum Gasteiger partial charge on any atom is 0.255 e. The van der Waals surface area contributed by atoms with Crippen molar-refractivity contribution in [2.75, 3.05) is 11.9 Å². The largest absolute Gasteiger partial charge is 0.352 e. The highest BCUT2D eigenvalue weighted by Gasteiger charge is 2.13. The van der Waals surface area contributed by atoms with Gasteiger partial charge in [0.1, 0.15) is 5.82 Å². The van der Waals surface area contributed by atoms with Crippen LogP contribution in [0, 0.1) is 19.7 Å². The number of nitrogens with one attached hydrogen (secondary N) is 2. The van der Waals surface area contributed by atoms with Crippen molar-refractivity contribution < 1.29 is 14.0 Å². The Kier molecular flexibility index (Phi) is 6.39. The van der Waals surface area contributed by atoms with Crippen LogP contribution in [0.3, 0.4) is 0 Å². The molecule has 3 rings (SSSR count). The molecule has 3 aromatic rings. The molecule has 0 unspecified atom stereocenters. The number of hydrogen-bond donors (Lipinski definition) is 2. The first kappa shape index (κ1) is 20.3. The van der Waals surface area contributed by atoms with Crippen LogP contribution in [0.25, 0.3) is 0 Å². The van der Waals surface area contributed by atoms with E-state index >= 15 is 0 Å². The zero-order chi connectivity index (χ0) is 20.8. The van der Waals surface area contributed by atoms with Crippen LogP contribution >= 0.6 is 0 Å². The standard InChI is InChI=1S/C24H23FN2O2/c1-16-7-5-8-17(2)22(16)27-24(29)20-11-6-10-19(15-20)23(28)26-14-13-18-9-3-4-12-21(18)25/h3-12,15H,13-14H2,1-2H3,(H,26,28)(H,27,29). The van der Waals surface area contributed by atoms with E-state index in [1.165, 1.54) is 6.07 Å². The molecule has 5 heteroatoms. The lowest BCUT2D eigenvalue weighted by molar-refractivity contribution is 0.0954. The summed E-state index contributed by atoms with van der Waals surface area (Å²) >= 11 is 0. The number of rotatable bonds is 6. The van der Waals surface area contributed by atoms with Gasteiger partial charge in [0.2, 0.25) is 0 Å². The first-order valence-electron chi connectivity index (χ1n) is 9.45. The van der Waals surface area contributed by atoms with Crippen molar-refractivity contribution in [1.29, 1.82) is 0 Å². The van der Waals surface area contributed by atoms with Crippen LogP contribution in [0.2, 0.25) is 0 Å². The number of carbonyl (C=O) groups excluding carboxylic acids is 2. The molecule has 4 nitrogen and oxygen atoms in total. The zero-order valence-electron chi connectivity index (χ0n) is 16.5. The van der Waals surface area contributed by atoms with Crippen molar-refractivity contribution in [2.24, 2.45) is 0 Å². The average Bonchev–Trinajstić information content (AvgIpc) is 2.72. The molecular weight excluding hydrogens is 367 g/mol. The van der Waals surface area contributed by atoms with E-state index in [4.69, 9.17) is 0 Å². The molecule has 29 heavy (non-hydrogen) atoms. The molecule has 0 aromatic heterocycles. The highest BCUT2D eigenvalue weighted by molar-refractivity contribution is 6.06. The fraction of sp³-hybridized carbons (Fsp3) is 0.167. The monoisotopic (exact) mass is 390 g/mol. The number of carbonyl (C=O) groups is 2. The second-order valence-corrected chi connectivity index (χ2v) is 6.90. The molecular formula is C24H23FN2O2. The van der Waals surface area contributed by atoms with Gasteiger partial charge in [0, 0.05) is 23.4 Å². The minimum Gasteiger partial charge on any atom is -0.352 e. The van der Waals surface area contributed by atoms with Crippen molar-refractivity contribution in [3.8, 4) is 0 Å². The Hall–Kier alpha value is -3.47. The number of benzene rings is 3. The topological polar surface area (TPSA) is 58.2 Å². The minimum absolute atomic E-state index is 0.275. The molecule has 2 N–H and O–H groups in total. The number of hydrogen-bond acceptors (Lipinski definition) is 2. The van der Waals surface area contributed by atoms with Crippen LogP contribution in [-0.2, 0) is 6.42 Å². The summed E-state index contributed by atoms with van der Waals surface area (Å²) < 4.78 is 13.7. The van der Waals surface area contributed by atoms with Gasteiger partial charge < -0.3 is 10.6 Å². The summed E-state index contributed by atoms with van der Waals surface area (Å²) in [5.41, 5.74) is 4.05. The Morgan fingerprint density at radius 2 is 1.45 bits per heavy atom. The molecule has 0 aliphatic rings.